The molecule has 0 saturated carbocycles. The van der Waals surface area contributed by atoms with Gasteiger partial charge < -0.3 is 19.1 Å². The van der Waals surface area contributed by atoms with Crippen molar-refractivity contribution in [3.63, 3.8) is 0 Å². The van der Waals surface area contributed by atoms with Crippen LogP contribution in [0.25, 0.3) is 0 Å². The predicted molar refractivity (Wildman–Crippen MR) is 126 cm³/mol. The molecule has 4 rings (SSSR count). The van der Waals surface area contributed by atoms with Crippen LogP contribution in [-0.4, -0.2) is 29.7 Å². The van der Waals surface area contributed by atoms with Crippen molar-refractivity contribution in [3.8, 4) is 17.2 Å². The van der Waals surface area contributed by atoms with Gasteiger partial charge in [0.2, 0.25) is 0 Å². The molecule has 1 N–H and O–H groups in total. The summed E-state index contributed by atoms with van der Waals surface area (Å²) in [7, 11) is -2.24. The van der Waals surface area contributed by atoms with Gasteiger partial charge in [0.05, 0.1) is 7.11 Å². The zero-order valence-corrected chi connectivity index (χ0v) is 19.1. The number of aromatic nitrogens is 1. The Morgan fingerprint density at radius 3 is 2.12 bits per heavy atom. The van der Waals surface area contributed by atoms with E-state index in [1.54, 1.807) is 60.7 Å². The molecule has 2 unspecified atom stereocenters. The lowest BCUT2D eigenvalue weighted by Gasteiger charge is -2.34. The molecule has 33 heavy (non-hydrogen) atoms. The molecule has 3 aromatic rings. The van der Waals surface area contributed by atoms with Crippen LogP contribution in [0.3, 0.4) is 0 Å². The maximum atomic E-state index is 14.3. The SMILES string of the molecule is COc1ccnc(C(=O)NC2CC=CCC2P(=O)(Oc2ccccc2)Oc2ccccc2)c1. The third-order valence-corrected chi connectivity index (χ3v) is 7.59. The number of nitrogens with zero attached hydrogens (tertiary/aromatic N) is 1. The molecule has 1 aromatic heterocycles. The van der Waals surface area contributed by atoms with Crippen LogP contribution in [0, 0.1) is 0 Å². The molecule has 1 heterocycles. The van der Waals surface area contributed by atoms with Crippen LogP contribution in [-0.2, 0) is 4.57 Å². The Morgan fingerprint density at radius 1 is 0.909 bits per heavy atom. The average molecular weight is 464 g/mol. The van der Waals surface area contributed by atoms with Gasteiger partial charge in [-0.1, -0.05) is 48.6 Å². The summed E-state index contributed by atoms with van der Waals surface area (Å²) in [5.74, 6) is 1.02. The standard InChI is InChI=1S/C25H25N2O5P/c1-30-21-16-17-26-23(18-21)25(28)27-22-14-8-9-15-24(22)33(29,31-19-10-4-2-5-11-19)32-20-12-6-3-7-13-20/h2-13,16-18,22,24H,14-15H2,1H3,(H,27,28). The normalized spacial score (nSPS) is 17.7. The number of benzene rings is 2. The third kappa shape index (κ3) is 5.62. The molecule has 0 radical (unpaired) electrons. The Hall–Kier alpha value is -3.57. The van der Waals surface area contributed by atoms with Crippen molar-refractivity contribution in [3.05, 3.63) is 96.8 Å². The average Bonchev–Trinajstić information content (AvgIpc) is 2.85. The number of pyridine rings is 1. The van der Waals surface area contributed by atoms with Gasteiger partial charge in [0.15, 0.2) is 0 Å². The first kappa shape index (κ1) is 22.6. The first-order valence-electron chi connectivity index (χ1n) is 10.6. The molecule has 7 nitrogen and oxygen atoms in total. The zero-order valence-electron chi connectivity index (χ0n) is 18.2. The second kappa shape index (κ2) is 10.4. The molecule has 0 spiro atoms. The summed E-state index contributed by atoms with van der Waals surface area (Å²) >= 11 is 0. The predicted octanol–water partition coefficient (Wildman–Crippen LogP) is 5.26. The topological polar surface area (TPSA) is 86.8 Å². The molecule has 0 bridgehead atoms. The number of amides is 1. The second-order valence-electron chi connectivity index (χ2n) is 7.52. The van der Waals surface area contributed by atoms with E-state index < -0.39 is 19.3 Å². The van der Waals surface area contributed by atoms with Crippen molar-refractivity contribution in [2.45, 2.75) is 24.5 Å². The largest absolute Gasteiger partial charge is 0.497 e. The molecular formula is C25H25N2O5P. The fraction of sp³-hybridized carbons (Fsp3) is 0.200. The fourth-order valence-electron chi connectivity index (χ4n) is 3.62. The number of carbonyl (C=O) groups is 1. The Bertz CT molecular complexity index is 1110. The van der Waals surface area contributed by atoms with Gasteiger partial charge in [-0.3, -0.25) is 9.78 Å². The van der Waals surface area contributed by atoms with Crippen LogP contribution >= 0.6 is 7.60 Å². The smallest absolute Gasteiger partial charge is 0.436 e. The maximum Gasteiger partial charge on any atom is 0.436 e. The summed E-state index contributed by atoms with van der Waals surface area (Å²) in [4.78, 5) is 17.1. The van der Waals surface area contributed by atoms with E-state index in [0.717, 1.165) is 0 Å². The molecule has 1 aliphatic carbocycles. The quantitative estimate of drug-likeness (QED) is 0.362. The molecule has 2 atom stereocenters. The molecule has 1 amide bonds. The number of allylic oxidation sites excluding steroid dienone is 1. The molecular weight excluding hydrogens is 439 g/mol. The highest BCUT2D eigenvalue weighted by atomic mass is 31.2. The first-order valence-corrected chi connectivity index (χ1v) is 12.2. The van der Waals surface area contributed by atoms with Gasteiger partial charge in [-0.25, -0.2) is 4.57 Å². The van der Waals surface area contributed by atoms with Crippen LogP contribution in [0.1, 0.15) is 23.3 Å². The number of hydrogen-bond acceptors (Lipinski definition) is 6. The first-order chi connectivity index (χ1) is 16.1. The van der Waals surface area contributed by atoms with Gasteiger partial charge in [0.25, 0.3) is 5.91 Å². The van der Waals surface area contributed by atoms with E-state index in [9.17, 15) is 9.36 Å². The van der Waals surface area contributed by atoms with Crippen LogP contribution in [0.15, 0.2) is 91.1 Å². The second-order valence-corrected chi connectivity index (χ2v) is 9.63. The van der Waals surface area contributed by atoms with Gasteiger partial charge in [0.1, 0.15) is 28.6 Å². The van der Waals surface area contributed by atoms with Gasteiger partial charge >= 0.3 is 7.60 Å². The van der Waals surface area contributed by atoms with Crippen molar-refractivity contribution in [1.29, 1.82) is 0 Å². The molecule has 0 fully saturated rings. The molecule has 0 aliphatic heterocycles. The molecule has 170 valence electrons. The Labute approximate surface area is 193 Å². The van der Waals surface area contributed by atoms with E-state index in [4.69, 9.17) is 13.8 Å². The van der Waals surface area contributed by atoms with Gasteiger partial charge in [-0.15, -0.1) is 0 Å². The summed E-state index contributed by atoms with van der Waals surface area (Å²) < 4.78 is 31.5. The van der Waals surface area contributed by atoms with Crippen molar-refractivity contribution in [2.24, 2.45) is 0 Å². The monoisotopic (exact) mass is 464 g/mol. The molecule has 0 saturated heterocycles. The Morgan fingerprint density at radius 2 is 1.52 bits per heavy atom. The highest BCUT2D eigenvalue weighted by Gasteiger charge is 2.45. The molecule has 8 heteroatoms. The van der Waals surface area contributed by atoms with Gasteiger partial charge in [0, 0.05) is 18.3 Å². The lowest BCUT2D eigenvalue weighted by molar-refractivity contribution is 0.0929. The van der Waals surface area contributed by atoms with E-state index >= 15 is 0 Å². The number of carbonyl (C=O) groups excluding carboxylic acids is 1. The zero-order chi connectivity index (χ0) is 23.1. The van der Waals surface area contributed by atoms with E-state index in [2.05, 4.69) is 10.3 Å². The number of para-hydroxylation sites is 2. The van der Waals surface area contributed by atoms with E-state index in [-0.39, 0.29) is 11.6 Å². The van der Waals surface area contributed by atoms with Crippen LogP contribution < -0.4 is 19.1 Å². The number of methoxy groups -OCH3 is 1. The maximum absolute atomic E-state index is 14.3. The lowest BCUT2D eigenvalue weighted by Crippen LogP contribution is -2.45. The minimum atomic E-state index is -3.77. The number of hydrogen-bond donors (Lipinski definition) is 1. The van der Waals surface area contributed by atoms with Crippen LogP contribution in [0.5, 0.6) is 17.2 Å². The van der Waals surface area contributed by atoms with Crippen LogP contribution in [0.2, 0.25) is 0 Å². The van der Waals surface area contributed by atoms with Gasteiger partial charge in [-0.2, -0.15) is 0 Å². The van der Waals surface area contributed by atoms with E-state index in [1.165, 1.54) is 13.3 Å². The van der Waals surface area contributed by atoms with E-state index in [1.807, 2.05) is 24.3 Å². The highest BCUT2D eigenvalue weighted by Crippen LogP contribution is 2.56. The van der Waals surface area contributed by atoms with Crippen molar-refractivity contribution in [2.75, 3.05) is 7.11 Å². The van der Waals surface area contributed by atoms with E-state index in [0.29, 0.717) is 30.1 Å². The fourth-order valence-corrected chi connectivity index (χ4v) is 5.78. The van der Waals surface area contributed by atoms with Crippen molar-refractivity contribution in [1.82, 2.24) is 10.3 Å². The Kier molecular flexibility index (Phi) is 7.10. The van der Waals surface area contributed by atoms with Crippen molar-refractivity contribution >= 4 is 13.5 Å². The number of ether oxygens (including phenoxy) is 1. The van der Waals surface area contributed by atoms with Gasteiger partial charge in [-0.05, 0) is 43.2 Å². The summed E-state index contributed by atoms with van der Waals surface area (Å²) in [5, 5.41) is 2.97. The number of rotatable bonds is 8. The summed E-state index contributed by atoms with van der Waals surface area (Å²) in [6.07, 6.45) is 6.31. The lowest BCUT2D eigenvalue weighted by atomic mass is 10.0. The minimum absolute atomic E-state index is 0.213. The summed E-state index contributed by atoms with van der Waals surface area (Å²) in [6, 6.07) is 20.6. The highest BCUT2D eigenvalue weighted by molar-refractivity contribution is 7.55. The minimum Gasteiger partial charge on any atom is -0.497 e. The molecule has 2 aromatic carbocycles. The van der Waals surface area contributed by atoms with Crippen LogP contribution in [0.4, 0.5) is 0 Å². The third-order valence-electron chi connectivity index (χ3n) is 5.27. The molecule has 1 aliphatic rings. The Balaban J connectivity index is 1.62. The number of nitrogens with one attached hydrogen (secondary N) is 1. The van der Waals surface area contributed by atoms with Crippen molar-refractivity contribution < 1.29 is 23.1 Å². The summed E-state index contributed by atoms with van der Waals surface area (Å²) in [6.45, 7) is 0. The summed E-state index contributed by atoms with van der Waals surface area (Å²) in [5.41, 5.74) is -0.386.